The van der Waals surface area contributed by atoms with Gasteiger partial charge in [0.05, 0.1) is 17.1 Å². The number of aromatic nitrogens is 2. The van der Waals surface area contributed by atoms with Crippen molar-refractivity contribution in [3.8, 4) is 16.9 Å². The maximum absolute atomic E-state index is 13.5. The summed E-state index contributed by atoms with van der Waals surface area (Å²) in [4.78, 5) is 8.72. The Labute approximate surface area is 174 Å². The summed E-state index contributed by atoms with van der Waals surface area (Å²) in [5.74, 6) is 1.03. The van der Waals surface area contributed by atoms with E-state index in [4.69, 9.17) is 9.15 Å². The van der Waals surface area contributed by atoms with Gasteiger partial charge >= 0.3 is 0 Å². The number of oxazole rings is 1. The molecule has 3 heterocycles. The van der Waals surface area contributed by atoms with Crippen molar-refractivity contribution in [2.24, 2.45) is 0 Å². The number of nitrogens with zero attached hydrogens (tertiary/aromatic N) is 3. The summed E-state index contributed by atoms with van der Waals surface area (Å²) in [7, 11) is -3.81. The number of fused-ring (bicyclic) bond motifs is 2. The highest BCUT2D eigenvalue weighted by Gasteiger charge is 2.31. The Morgan fingerprint density at radius 1 is 1.00 bits per heavy atom. The highest BCUT2D eigenvalue weighted by atomic mass is 32.2. The Balaban J connectivity index is 1.59. The van der Waals surface area contributed by atoms with Crippen molar-refractivity contribution < 1.29 is 17.6 Å². The molecule has 7 nitrogen and oxygen atoms in total. The average Bonchev–Trinajstić information content (AvgIpc) is 3.12. The first-order valence-electron chi connectivity index (χ1n) is 9.52. The number of pyridine rings is 1. The van der Waals surface area contributed by atoms with Gasteiger partial charge in [-0.2, -0.15) is 0 Å². The van der Waals surface area contributed by atoms with Gasteiger partial charge < -0.3 is 9.15 Å². The van der Waals surface area contributed by atoms with E-state index in [0.29, 0.717) is 28.4 Å². The van der Waals surface area contributed by atoms with Crippen molar-refractivity contribution >= 4 is 26.8 Å². The topological polar surface area (TPSA) is 85.5 Å². The molecule has 0 saturated carbocycles. The van der Waals surface area contributed by atoms with Crippen LogP contribution in [-0.2, 0) is 10.0 Å². The molecule has 0 radical (unpaired) electrons. The third-order valence-corrected chi connectivity index (χ3v) is 6.89. The number of hydrogen-bond acceptors (Lipinski definition) is 6. The zero-order valence-corrected chi connectivity index (χ0v) is 17.3. The van der Waals surface area contributed by atoms with Gasteiger partial charge in [-0.25, -0.2) is 13.4 Å². The van der Waals surface area contributed by atoms with Gasteiger partial charge in [0.25, 0.3) is 10.0 Å². The molecule has 2 aromatic carbocycles. The number of hydrogen-bond donors (Lipinski definition) is 0. The minimum absolute atomic E-state index is 0.154. The number of anilines is 1. The Morgan fingerprint density at radius 2 is 1.83 bits per heavy atom. The van der Waals surface area contributed by atoms with Crippen molar-refractivity contribution in [1.82, 2.24) is 9.97 Å². The molecule has 0 atom stereocenters. The summed E-state index contributed by atoms with van der Waals surface area (Å²) in [6, 6.07) is 14.2. The molecule has 30 heavy (non-hydrogen) atoms. The average molecular weight is 421 g/mol. The van der Waals surface area contributed by atoms with Crippen molar-refractivity contribution in [1.29, 1.82) is 0 Å². The minimum Gasteiger partial charge on any atom is -0.489 e. The molecule has 1 aliphatic rings. The van der Waals surface area contributed by atoms with Crippen LogP contribution >= 0.6 is 0 Å². The lowest BCUT2D eigenvalue weighted by atomic mass is 10.1. The first-order chi connectivity index (χ1) is 14.4. The highest BCUT2D eigenvalue weighted by Crippen LogP contribution is 2.38. The van der Waals surface area contributed by atoms with E-state index in [1.54, 1.807) is 31.3 Å². The highest BCUT2D eigenvalue weighted by molar-refractivity contribution is 7.92. The normalized spacial score (nSPS) is 13.9. The summed E-state index contributed by atoms with van der Waals surface area (Å²) in [6.07, 6.45) is 1.78. The number of ether oxygens (including phenoxy) is 1. The van der Waals surface area contributed by atoms with E-state index in [1.807, 2.05) is 31.2 Å². The molecule has 4 aromatic rings. The van der Waals surface area contributed by atoms with E-state index in [0.717, 1.165) is 16.8 Å². The van der Waals surface area contributed by atoms with Crippen LogP contribution in [-0.4, -0.2) is 31.5 Å². The number of rotatable bonds is 3. The minimum atomic E-state index is -3.81. The van der Waals surface area contributed by atoms with Crippen LogP contribution < -0.4 is 9.04 Å². The maximum atomic E-state index is 13.5. The van der Waals surface area contributed by atoms with Gasteiger partial charge in [0, 0.05) is 30.4 Å². The molecule has 0 amide bonds. The Hall–Kier alpha value is -3.39. The fourth-order valence-corrected chi connectivity index (χ4v) is 5.04. The Bertz CT molecular complexity index is 1360. The molecule has 0 unspecified atom stereocenters. The van der Waals surface area contributed by atoms with Crippen molar-refractivity contribution in [3.63, 3.8) is 0 Å². The van der Waals surface area contributed by atoms with Gasteiger partial charge in [0.15, 0.2) is 11.5 Å². The predicted octanol–water partition coefficient (Wildman–Crippen LogP) is 4.09. The zero-order chi connectivity index (χ0) is 20.9. The number of benzene rings is 2. The fraction of sp³-hybridized carbons (Fsp3) is 0.182. The van der Waals surface area contributed by atoms with E-state index in [1.165, 1.54) is 10.4 Å². The maximum Gasteiger partial charge on any atom is 0.264 e. The lowest BCUT2D eigenvalue weighted by Gasteiger charge is -2.30. The van der Waals surface area contributed by atoms with E-state index in [-0.39, 0.29) is 18.0 Å². The lowest BCUT2D eigenvalue weighted by Crippen LogP contribution is -2.37. The largest absolute Gasteiger partial charge is 0.489 e. The summed E-state index contributed by atoms with van der Waals surface area (Å²) in [5.41, 5.74) is 4.28. The summed E-state index contributed by atoms with van der Waals surface area (Å²) < 4.78 is 39.6. The van der Waals surface area contributed by atoms with Gasteiger partial charge in [0.1, 0.15) is 17.9 Å². The standard InChI is InChI=1S/C22H19N3O4S/c1-14-3-4-17(13-23-14)16-5-8-21-20(11-16)25(9-10-28-21)30(26,27)18-6-7-19-22(12-18)29-15(2)24-19/h3-8,11-13H,9-10H2,1-2H3. The molecule has 2 aromatic heterocycles. The van der Waals surface area contributed by atoms with Crippen LogP contribution in [0.3, 0.4) is 0 Å². The van der Waals surface area contributed by atoms with Crippen molar-refractivity contribution in [2.75, 3.05) is 17.5 Å². The van der Waals surface area contributed by atoms with E-state index < -0.39 is 10.0 Å². The number of sulfonamides is 1. The summed E-state index contributed by atoms with van der Waals surface area (Å²) >= 11 is 0. The lowest BCUT2D eigenvalue weighted by molar-refractivity contribution is 0.316. The van der Waals surface area contributed by atoms with Crippen LogP contribution in [0.4, 0.5) is 5.69 Å². The molecular formula is C22H19N3O4S. The van der Waals surface area contributed by atoms with Crippen LogP contribution in [0.2, 0.25) is 0 Å². The molecule has 0 spiro atoms. The van der Waals surface area contributed by atoms with Crippen LogP contribution in [0.15, 0.2) is 64.0 Å². The summed E-state index contributed by atoms with van der Waals surface area (Å²) in [6.45, 7) is 4.15. The predicted molar refractivity (Wildman–Crippen MR) is 113 cm³/mol. The Morgan fingerprint density at radius 3 is 2.63 bits per heavy atom. The molecular weight excluding hydrogens is 402 g/mol. The molecule has 0 N–H and O–H groups in total. The molecule has 5 rings (SSSR count). The number of aryl methyl sites for hydroxylation is 2. The summed E-state index contributed by atoms with van der Waals surface area (Å²) in [5, 5.41) is 0. The van der Waals surface area contributed by atoms with E-state index in [9.17, 15) is 8.42 Å². The first-order valence-corrected chi connectivity index (χ1v) is 11.0. The second kappa shape index (κ2) is 6.84. The second-order valence-electron chi connectivity index (χ2n) is 7.16. The van der Waals surface area contributed by atoms with Crippen molar-refractivity contribution in [2.45, 2.75) is 18.7 Å². The second-order valence-corrected chi connectivity index (χ2v) is 9.02. The van der Waals surface area contributed by atoms with Crippen LogP contribution in [0.5, 0.6) is 5.75 Å². The SMILES string of the molecule is Cc1ccc(-c2ccc3c(c2)N(S(=O)(=O)c2ccc4nc(C)oc4c2)CCO3)cn1. The molecule has 1 aliphatic heterocycles. The molecule has 0 bridgehead atoms. The smallest absolute Gasteiger partial charge is 0.264 e. The molecule has 0 aliphatic carbocycles. The first kappa shape index (κ1) is 18.6. The molecule has 152 valence electrons. The van der Waals surface area contributed by atoms with E-state index >= 15 is 0 Å². The van der Waals surface area contributed by atoms with E-state index in [2.05, 4.69) is 9.97 Å². The fourth-order valence-electron chi connectivity index (χ4n) is 3.57. The van der Waals surface area contributed by atoms with Gasteiger partial charge in [-0.1, -0.05) is 12.1 Å². The van der Waals surface area contributed by atoms with Crippen LogP contribution in [0.25, 0.3) is 22.2 Å². The third-order valence-electron chi connectivity index (χ3n) is 5.08. The van der Waals surface area contributed by atoms with Gasteiger partial charge in [-0.3, -0.25) is 9.29 Å². The molecule has 0 saturated heterocycles. The molecule has 8 heteroatoms. The van der Waals surface area contributed by atoms with Crippen LogP contribution in [0, 0.1) is 13.8 Å². The van der Waals surface area contributed by atoms with Crippen molar-refractivity contribution in [3.05, 3.63) is 66.3 Å². The monoisotopic (exact) mass is 421 g/mol. The van der Waals surface area contributed by atoms with Gasteiger partial charge in [0.2, 0.25) is 0 Å². The van der Waals surface area contributed by atoms with Crippen LogP contribution in [0.1, 0.15) is 11.6 Å². The Kier molecular flexibility index (Phi) is 4.25. The quantitative estimate of drug-likeness (QED) is 0.495. The van der Waals surface area contributed by atoms with Gasteiger partial charge in [-0.15, -0.1) is 0 Å². The zero-order valence-electron chi connectivity index (χ0n) is 16.5. The third kappa shape index (κ3) is 3.09. The molecule has 0 fully saturated rings. The van der Waals surface area contributed by atoms with Gasteiger partial charge in [-0.05, 0) is 42.8 Å².